The molecule has 0 atom stereocenters. The van der Waals surface area contributed by atoms with Crippen molar-refractivity contribution < 1.29 is 8.42 Å². The standard InChI is InChI=1S/C16H28N4O2S.HI/c1-4-17-16(18-11-10-14(2)3)19-12-13-20-23(21,22)15-8-6-5-7-9-15;/h5-9,14,20H,4,10-13H2,1-3H3,(H2,17,18,19);1H. The van der Waals surface area contributed by atoms with Gasteiger partial charge in [-0.2, -0.15) is 0 Å². The van der Waals surface area contributed by atoms with Crippen LogP contribution in [0.25, 0.3) is 0 Å². The Morgan fingerprint density at radius 3 is 2.38 bits per heavy atom. The molecule has 8 heteroatoms. The Morgan fingerprint density at radius 2 is 1.79 bits per heavy atom. The fourth-order valence-corrected chi connectivity index (χ4v) is 2.88. The fraction of sp³-hybridized carbons (Fsp3) is 0.562. The van der Waals surface area contributed by atoms with Crippen LogP contribution in [-0.4, -0.2) is 40.6 Å². The summed E-state index contributed by atoms with van der Waals surface area (Å²) >= 11 is 0. The molecule has 1 aromatic rings. The van der Waals surface area contributed by atoms with Crippen LogP contribution in [-0.2, 0) is 10.0 Å². The lowest BCUT2D eigenvalue weighted by Gasteiger charge is -2.12. The van der Waals surface area contributed by atoms with Gasteiger partial charge in [0.1, 0.15) is 0 Å². The van der Waals surface area contributed by atoms with Crippen LogP contribution in [0.3, 0.4) is 0 Å². The van der Waals surface area contributed by atoms with Gasteiger partial charge in [0.05, 0.1) is 4.90 Å². The number of halogens is 1. The van der Waals surface area contributed by atoms with Crippen molar-refractivity contribution in [3.63, 3.8) is 0 Å². The predicted molar refractivity (Wildman–Crippen MR) is 110 cm³/mol. The maximum absolute atomic E-state index is 12.1. The van der Waals surface area contributed by atoms with E-state index in [-0.39, 0.29) is 28.9 Å². The van der Waals surface area contributed by atoms with E-state index < -0.39 is 10.0 Å². The number of hydrogen-bond acceptors (Lipinski definition) is 3. The molecule has 0 aliphatic rings. The zero-order valence-corrected chi connectivity index (χ0v) is 17.7. The first-order valence-electron chi connectivity index (χ1n) is 8.02. The van der Waals surface area contributed by atoms with Gasteiger partial charge in [-0.3, -0.25) is 4.99 Å². The van der Waals surface area contributed by atoms with Crippen molar-refractivity contribution in [3.05, 3.63) is 30.3 Å². The van der Waals surface area contributed by atoms with Crippen molar-refractivity contribution in [2.24, 2.45) is 10.9 Å². The number of hydrogen-bond donors (Lipinski definition) is 3. The third-order valence-corrected chi connectivity index (χ3v) is 4.56. The minimum Gasteiger partial charge on any atom is -0.357 e. The molecule has 1 aromatic carbocycles. The van der Waals surface area contributed by atoms with E-state index in [1.165, 1.54) is 0 Å². The maximum atomic E-state index is 12.1. The fourth-order valence-electron chi connectivity index (χ4n) is 1.83. The summed E-state index contributed by atoms with van der Waals surface area (Å²) in [4.78, 5) is 4.74. The molecule has 0 aliphatic heterocycles. The Morgan fingerprint density at radius 1 is 1.12 bits per heavy atom. The van der Waals surface area contributed by atoms with Crippen LogP contribution >= 0.6 is 24.0 Å². The van der Waals surface area contributed by atoms with Crippen molar-refractivity contribution >= 4 is 40.0 Å². The molecule has 0 fully saturated rings. The molecular formula is C16H29IN4O2S. The highest BCUT2D eigenvalue weighted by Crippen LogP contribution is 2.06. The highest BCUT2D eigenvalue weighted by molar-refractivity contribution is 14.0. The van der Waals surface area contributed by atoms with E-state index in [2.05, 4.69) is 34.2 Å². The van der Waals surface area contributed by atoms with Gasteiger partial charge >= 0.3 is 0 Å². The molecule has 138 valence electrons. The lowest BCUT2D eigenvalue weighted by atomic mass is 10.1. The maximum Gasteiger partial charge on any atom is 0.240 e. The molecule has 24 heavy (non-hydrogen) atoms. The van der Waals surface area contributed by atoms with Crippen LogP contribution in [0.4, 0.5) is 0 Å². The van der Waals surface area contributed by atoms with Gasteiger partial charge in [-0.25, -0.2) is 13.1 Å². The topological polar surface area (TPSA) is 82.6 Å². The molecule has 6 nitrogen and oxygen atoms in total. The minimum absolute atomic E-state index is 0. The van der Waals surface area contributed by atoms with E-state index in [0.29, 0.717) is 25.0 Å². The summed E-state index contributed by atoms with van der Waals surface area (Å²) in [6.45, 7) is 8.61. The summed E-state index contributed by atoms with van der Waals surface area (Å²) in [6, 6.07) is 8.35. The normalized spacial score (nSPS) is 11.9. The van der Waals surface area contributed by atoms with Gasteiger partial charge in [-0.05, 0) is 31.4 Å². The van der Waals surface area contributed by atoms with Crippen LogP contribution in [0, 0.1) is 5.92 Å². The molecule has 0 bridgehead atoms. The van der Waals surface area contributed by atoms with Gasteiger partial charge in [-0.15, -0.1) is 24.0 Å². The summed E-state index contributed by atoms with van der Waals surface area (Å²) in [5.74, 6) is 1.33. The molecule has 0 heterocycles. The van der Waals surface area contributed by atoms with E-state index in [4.69, 9.17) is 0 Å². The first-order valence-corrected chi connectivity index (χ1v) is 9.51. The first-order chi connectivity index (χ1) is 11.0. The molecule has 0 unspecified atom stereocenters. The summed E-state index contributed by atoms with van der Waals surface area (Å²) in [6.07, 6.45) is 1.03. The van der Waals surface area contributed by atoms with E-state index in [1.807, 2.05) is 6.92 Å². The molecular weight excluding hydrogens is 439 g/mol. The van der Waals surface area contributed by atoms with Gasteiger partial charge in [0.2, 0.25) is 10.0 Å². The number of nitrogens with one attached hydrogen (secondary N) is 3. The Hall–Kier alpha value is -0.870. The summed E-state index contributed by atoms with van der Waals surface area (Å²) in [5.41, 5.74) is 0. The lowest BCUT2D eigenvalue weighted by Crippen LogP contribution is -2.41. The molecule has 3 N–H and O–H groups in total. The van der Waals surface area contributed by atoms with Crippen LogP contribution in [0.15, 0.2) is 40.2 Å². The van der Waals surface area contributed by atoms with Gasteiger partial charge in [0.25, 0.3) is 0 Å². The number of rotatable bonds is 9. The van der Waals surface area contributed by atoms with Crippen molar-refractivity contribution in [2.45, 2.75) is 32.1 Å². The quantitative estimate of drug-likeness (QED) is 0.225. The van der Waals surface area contributed by atoms with Gasteiger partial charge < -0.3 is 10.6 Å². The number of benzene rings is 1. The monoisotopic (exact) mass is 468 g/mol. The number of nitrogens with zero attached hydrogens (tertiary/aromatic N) is 1. The number of aliphatic imine (C=N–C) groups is 1. The average Bonchev–Trinajstić information content (AvgIpc) is 2.52. The Balaban J connectivity index is 0.00000529. The molecule has 0 radical (unpaired) electrons. The van der Waals surface area contributed by atoms with E-state index >= 15 is 0 Å². The van der Waals surface area contributed by atoms with Crippen molar-refractivity contribution in [3.8, 4) is 0 Å². The highest BCUT2D eigenvalue weighted by Gasteiger charge is 2.11. The highest BCUT2D eigenvalue weighted by atomic mass is 127. The Bertz CT molecular complexity index is 577. The minimum atomic E-state index is -3.45. The van der Waals surface area contributed by atoms with Gasteiger partial charge in [0.15, 0.2) is 5.96 Å². The van der Waals surface area contributed by atoms with E-state index in [1.54, 1.807) is 30.3 Å². The molecule has 1 rings (SSSR count). The van der Waals surface area contributed by atoms with Crippen molar-refractivity contribution in [2.75, 3.05) is 26.2 Å². The number of sulfonamides is 1. The largest absolute Gasteiger partial charge is 0.357 e. The molecule has 0 aromatic heterocycles. The molecule has 0 saturated heterocycles. The van der Waals surface area contributed by atoms with Crippen LogP contribution in [0.2, 0.25) is 0 Å². The summed E-state index contributed by atoms with van der Waals surface area (Å²) in [7, 11) is -3.45. The molecule has 0 spiro atoms. The van der Waals surface area contributed by atoms with Crippen LogP contribution in [0.5, 0.6) is 0 Å². The lowest BCUT2D eigenvalue weighted by molar-refractivity contribution is 0.579. The zero-order chi connectivity index (χ0) is 17.1. The predicted octanol–water partition coefficient (Wildman–Crippen LogP) is 2.18. The second-order valence-electron chi connectivity index (χ2n) is 5.58. The van der Waals surface area contributed by atoms with Gasteiger partial charge in [-0.1, -0.05) is 32.0 Å². The smallest absolute Gasteiger partial charge is 0.240 e. The Labute approximate surface area is 163 Å². The second kappa shape index (κ2) is 12.5. The zero-order valence-electron chi connectivity index (χ0n) is 14.6. The average molecular weight is 468 g/mol. The van der Waals surface area contributed by atoms with Crippen LogP contribution in [0.1, 0.15) is 27.2 Å². The van der Waals surface area contributed by atoms with E-state index in [9.17, 15) is 8.42 Å². The SMILES string of the molecule is CCNC(=NCCC(C)C)NCCNS(=O)(=O)c1ccccc1.I. The third kappa shape index (κ3) is 9.43. The molecule has 0 saturated carbocycles. The Kier molecular flexibility index (Phi) is 12.0. The number of guanidine groups is 1. The van der Waals surface area contributed by atoms with Gasteiger partial charge in [0, 0.05) is 26.2 Å². The summed E-state index contributed by atoms with van der Waals surface area (Å²) < 4.78 is 26.7. The second-order valence-corrected chi connectivity index (χ2v) is 7.35. The van der Waals surface area contributed by atoms with E-state index in [0.717, 1.165) is 19.5 Å². The van der Waals surface area contributed by atoms with Crippen molar-refractivity contribution in [1.82, 2.24) is 15.4 Å². The van der Waals surface area contributed by atoms with Crippen molar-refractivity contribution in [1.29, 1.82) is 0 Å². The molecule has 0 aliphatic carbocycles. The third-order valence-electron chi connectivity index (χ3n) is 3.08. The van der Waals surface area contributed by atoms with Crippen LogP contribution < -0.4 is 15.4 Å². The first kappa shape index (κ1) is 23.1. The molecule has 0 amide bonds. The summed E-state index contributed by atoms with van der Waals surface area (Å²) in [5, 5.41) is 6.28.